The summed E-state index contributed by atoms with van der Waals surface area (Å²) in [6.07, 6.45) is 0.473. The summed E-state index contributed by atoms with van der Waals surface area (Å²) < 4.78 is 0. The number of hydrogen-bond acceptors (Lipinski definition) is 3. The molecular formula is C11H13ClN2O. The van der Waals surface area contributed by atoms with E-state index in [1.165, 1.54) is 0 Å². The van der Waals surface area contributed by atoms with E-state index in [1.807, 2.05) is 18.2 Å². The Labute approximate surface area is 93.4 Å². The molecule has 0 aromatic heterocycles. The highest BCUT2D eigenvalue weighted by atomic mass is 35.5. The molecule has 1 aromatic rings. The molecule has 0 bridgehead atoms. The largest absolute Gasteiger partial charge is 0.386 e. The number of nitrogens with one attached hydrogen (secondary N) is 2. The smallest absolute Gasteiger partial charge is 0.105 e. The number of rotatable bonds is 0. The van der Waals surface area contributed by atoms with Crippen LogP contribution in [-0.2, 0) is 0 Å². The van der Waals surface area contributed by atoms with Gasteiger partial charge in [-0.05, 0) is 19.0 Å². The first kappa shape index (κ1) is 9.46. The second-order valence-corrected chi connectivity index (χ2v) is 4.72. The van der Waals surface area contributed by atoms with Crippen LogP contribution in [0.5, 0.6) is 0 Å². The lowest BCUT2D eigenvalue weighted by Crippen LogP contribution is -2.41. The molecule has 1 aromatic carbocycles. The number of anilines is 1. The van der Waals surface area contributed by atoms with Crippen molar-refractivity contribution in [3.63, 3.8) is 0 Å². The maximum absolute atomic E-state index is 10.3. The van der Waals surface area contributed by atoms with E-state index in [-0.39, 0.29) is 5.54 Å². The number of para-hydroxylation sites is 1. The van der Waals surface area contributed by atoms with Crippen LogP contribution in [0.15, 0.2) is 18.2 Å². The van der Waals surface area contributed by atoms with Gasteiger partial charge < -0.3 is 15.7 Å². The molecule has 4 heteroatoms. The van der Waals surface area contributed by atoms with Crippen molar-refractivity contribution in [3.8, 4) is 0 Å². The molecular weight excluding hydrogens is 212 g/mol. The molecule has 80 valence electrons. The van der Waals surface area contributed by atoms with Gasteiger partial charge >= 0.3 is 0 Å². The van der Waals surface area contributed by atoms with Crippen LogP contribution in [0, 0.1) is 0 Å². The van der Waals surface area contributed by atoms with Gasteiger partial charge in [0.1, 0.15) is 6.10 Å². The van der Waals surface area contributed by atoms with Crippen molar-refractivity contribution in [2.24, 2.45) is 0 Å². The zero-order chi connectivity index (χ0) is 10.5. The van der Waals surface area contributed by atoms with Crippen molar-refractivity contribution >= 4 is 17.3 Å². The van der Waals surface area contributed by atoms with E-state index in [2.05, 4.69) is 10.6 Å². The predicted octanol–water partition coefficient (Wildman–Crippen LogP) is 1.53. The average Bonchev–Trinajstić information content (AvgIpc) is 2.79. The number of aliphatic hydroxyl groups is 1. The number of fused-ring (bicyclic) bond motifs is 1. The fraction of sp³-hybridized carbons (Fsp3) is 0.455. The Balaban J connectivity index is 2.08. The van der Waals surface area contributed by atoms with Gasteiger partial charge in [0.25, 0.3) is 0 Å². The van der Waals surface area contributed by atoms with Gasteiger partial charge in [0.15, 0.2) is 0 Å². The van der Waals surface area contributed by atoms with Crippen LogP contribution in [0.3, 0.4) is 0 Å². The van der Waals surface area contributed by atoms with Crippen LogP contribution < -0.4 is 10.6 Å². The summed E-state index contributed by atoms with van der Waals surface area (Å²) in [5.41, 5.74) is 1.58. The summed E-state index contributed by atoms with van der Waals surface area (Å²) in [4.78, 5) is 0. The summed E-state index contributed by atoms with van der Waals surface area (Å²) in [5.74, 6) is 0. The summed E-state index contributed by atoms with van der Waals surface area (Å²) in [5, 5.41) is 17.6. The van der Waals surface area contributed by atoms with Crippen LogP contribution in [-0.4, -0.2) is 23.7 Å². The molecule has 2 unspecified atom stereocenters. The molecule has 3 rings (SSSR count). The van der Waals surface area contributed by atoms with Gasteiger partial charge in [0.05, 0.1) is 16.2 Å². The molecule has 0 saturated carbocycles. The quantitative estimate of drug-likeness (QED) is 0.626. The summed E-state index contributed by atoms with van der Waals surface area (Å²) in [6.45, 7) is 1.73. The summed E-state index contributed by atoms with van der Waals surface area (Å²) in [7, 11) is 0. The molecule has 3 nitrogen and oxygen atoms in total. The maximum Gasteiger partial charge on any atom is 0.105 e. The van der Waals surface area contributed by atoms with Crippen molar-refractivity contribution in [1.82, 2.24) is 5.32 Å². The van der Waals surface area contributed by atoms with E-state index in [4.69, 9.17) is 11.6 Å². The van der Waals surface area contributed by atoms with Crippen molar-refractivity contribution in [1.29, 1.82) is 0 Å². The van der Waals surface area contributed by atoms with E-state index in [9.17, 15) is 5.11 Å². The molecule has 0 aliphatic carbocycles. The SMILES string of the molecule is OC1c2cccc(Cl)c2NC12CCNC2. The average molecular weight is 225 g/mol. The summed E-state index contributed by atoms with van der Waals surface area (Å²) >= 11 is 6.10. The lowest BCUT2D eigenvalue weighted by molar-refractivity contribution is 0.118. The molecule has 2 aliphatic rings. The fourth-order valence-electron chi connectivity index (χ4n) is 2.57. The summed E-state index contributed by atoms with van der Waals surface area (Å²) in [6, 6.07) is 5.67. The van der Waals surface area contributed by atoms with Crippen molar-refractivity contribution < 1.29 is 5.11 Å². The molecule has 1 spiro atoms. The molecule has 2 heterocycles. The van der Waals surface area contributed by atoms with Gasteiger partial charge in [-0.3, -0.25) is 0 Å². The van der Waals surface area contributed by atoms with Crippen molar-refractivity contribution in [2.75, 3.05) is 18.4 Å². The molecule has 0 amide bonds. The van der Waals surface area contributed by atoms with Crippen LogP contribution >= 0.6 is 11.6 Å². The Kier molecular flexibility index (Phi) is 1.96. The molecule has 15 heavy (non-hydrogen) atoms. The molecule has 0 radical (unpaired) electrons. The Morgan fingerprint density at radius 2 is 2.33 bits per heavy atom. The van der Waals surface area contributed by atoms with Crippen LogP contribution in [0.2, 0.25) is 5.02 Å². The van der Waals surface area contributed by atoms with Gasteiger partial charge in [0.2, 0.25) is 0 Å². The Hall–Kier alpha value is -0.770. The first-order chi connectivity index (χ1) is 7.23. The second-order valence-electron chi connectivity index (χ2n) is 4.31. The van der Waals surface area contributed by atoms with Crippen LogP contribution in [0.25, 0.3) is 0 Å². The monoisotopic (exact) mass is 224 g/mol. The van der Waals surface area contributed by atoms with Gasteiger partial charge in [-0.15, -0.1) is 0 Å². The third-order valence-corrected chi connectivity index (χ3v) is 3.74. The second kappa shape index (κ2) is 3.11. The third-order valence-electron chi connectivity index (χ3n) is 3.43. The Morgan fingerprint density at radius 1 is 1.47 bits per heavy atom. The van der Waals surface area contributed by atoms with Crippen molar-refractivity contribution in [3.05, 3.63) is 28.8 Å². The van der Waals surface area contributed by atoms with Gasteiger partial charge in [-0.25, -0.2) is 0 Å². The minimum absolute atomic E-state index is 0.243. The van der Waals surface area contributed by atoms with Crippen LogP contribution in [0.1, 0.15) is 18.1 Å². The number of benzene rings is 1. The van der Waals surface area contributed by atoms with Gasteiger partial charge in [-0.2, -0.15) is 0 Å². The van der Waals surface area contributed by atoms with E-state index in [1.54, 1.807) is 0 Å². The fourth-order valence-corrected chi connectivity index (χ4v) is 2.80. The first-order valence-electron chi connectivity index (χ1n) is 5.18. The first-order valence-corrected chi connectivity index (χ1v) is 5.56. The molecule has 3 N–H and O–H groups in total. The zero-order valence-electron chi connectivity index (χ0n) is 8.26. The Bertz CT molecular complexity index is 402. The lowest BCUT2D eigenvalue weighted by Gasteiger charge is -2.27. The predicted molar refractivity (Wildman–Crippen MR) is 60.3 cm³/mol. The number of halogens is 1. The minimum Gasteiger partial charge on any atom is -0.386 e. The highest BCUT2D eigenvalue weighted by Gasteiger charge is 2.47. The van der Waals surface area contributed by atoms with Gasteiger partial charge in [-0.1, -0.05) is 23.7 Å². The highest BCUT2D eigenvalue weighted by Crippen LogP contribution is 2.46. The van der Waals surface area contributed by atoms with E-state index in [0.29, 0.717) is 5.02 Å². The normalized spacial score (nSPS) is 33.1. The van der Waals surface area contributed by atoms with Crippen LogP contribution in [0.4, 0.5) is 5.69 Å². The molecule has 1 saturated heterocycles. The minimum atomic E-state index is -0.457. The molecule has 2 atom stereocenters. The van der Waals surface area contributed by atoms with E-state index in [0.717, 1.165) is 30.8 Å². The third kappa shape index (κ3) is 1.20. The van der Waals surface area contributed by atoms with E-state index >= 15 is 0 Å². The highest BCUT2D eigenvalue weighted by molar-refractivity contribution is 6.33. The molecule has 1 fully saturated rings. The maximum atomic E-state index is 10.3. The lowest BCUT2D eigenvalue weighted by atomic mass is 9.91. The number of hydrogen-bond donors (Lipinski definition) is 3. The zero-order valence-corrected chi connectivity index (χ0v) is 9.01. The Morgan fingerprint density at radius 3 is 3.00 bits per heavy atom. The topological polar surface area (TPSA) is 44.3 Å². The standard InChI is InChI=1S/C11H13ClN2O/c12-8-3-1-2-7-9(8)14-11(10(7)15)4-5-13-6-11/h1-3,10,13-15H,4-6H2. The van der Waals surface area contributed by atoms with E-state index < -0.39 is 6.10 Å². The van der Waals surface area contributed by atoms with Crippen molar-refractivity contribution in [2.45, 2.75) is 18.1 Å². The number of aliphatic hydroxyl groups excluding tert-OH is 1. The molecule has 2 aliphatic heterocycles. The van der Waals surface area contributed by atoms with Gasteiger partial charge in [0, 0.05) is 12.1 Å².